The van der Waals surface area contributed by atoms with Crippen LogP contribution in [0.5, 0.6) is 0 Å². The largest absolute Gasteiger partial charge is 0.353 e. The van der Waals surface area contributed by atoms with Crippen LogP contribution in [0.15, 0.2) is 29.2 Å². The molecule has 0 aliphatic carbocycles. The Bertz CT molecular complexity index is 623. The molecule has 1 aromatic rings. The lowest BCUT2D eigenvalue weighted by Crippen LogP contribution is -2.46. The van der Waals surface area contributed by atoms with Gasteiger partial charge >= 0.3 is 0 Å². The van der Waals surface area contributed by atoms with Crippen molar-refractivity contribution in [3.63, 3.8) is 0 Å². The molecule has 0 spiro atoms. The van der Waals surface area contributed by atoms with E-state index in [0.717, 1.165) is 12.8 Å². The van der Waals surface area contributed by atoms with Gasteiger partial charge in [-0.2, -0.15) is 4.31 Å². The van der Waals surface area contributed by atoms with Crippen LogP contribution in [0.2, 0.25) is 5.02 Å². The SMILES string of the molecule is CCCCC(=O)NC1CCN(S(=O)(=O)c2ccc(Cl)cc2)CC1. The van der Waals surface area contributed by atoms with Gasteiger partial charge in [-0.15, -0.1) is 0 Å². The van der Waals surface area contributed by atoms with Gasteiger partial charge in [0.15, 0.2) is 0 Å². The monoisotopic (exact) mass is 358 g/mol. The van der Waals surface area contributed by atoms with Crippen LogP contribution in [-0.2, 0) is 14.8 Å². The quantitative estimate of drug-likeness (QED) is 0.850. The van der Waals surface area contributed by atoms with Gasteiger partial charge in [-0.3, -0.25) is 4.79 Å². The van der Waals surface area contributed by atoms with Crippen LogP contribution >= 0.6 is 11.6 Å². The highest BCUT2D eigenvalue weighted by molar-refractivity contribution is 7.89. The van der Waals surface area contributed by atoms with Crippen LogP contribution in [-0.4, -0.2) is 37.8 Å². The second-order valence-electron chi connectivity index (χ2n) is 5.80. The number of rotatable bonds is 6. The molecular weight excluding hydrogens is 336 g/mol. The maximum Gasteiger partial charge on any atom is 0.243 e. The number of hydrogen-bond donors (Lipinski definition) is 1. The smallest absolute Gasteiger partial charge is 0.243 e. The number of nitrogens with one attached hydrogen (secondary N) is 1. The molecule has 1 fully saturated rings. The van der Waals surface area contributed by atoms with E-state index in [2.05, 4.69) is 5.32 Å². The molecule has 0 radical (unpaired) electrons. The molecule has 1 amide bonds. The first-order valence-electron chi connectivity index (χ1n) is 7.98. The highest BCUT2D eigenvalue weighted by atomic mass is 35.5. The first kappa shape index (κ1) is 18.2. The lowest BCUT2D eigenvalue weighted by atomic mass is 10.1. The van der Waals surface area contributed by atoms with Gasteiger partial charge in [0.25, 0.3) is 0 Å². The first-order valence-corrected chi connectivity index (χ1v) is 9.80. The highest BCUT2D eigenvalue weighted by Crippen LogP contribution is 2.22. The minimum Gasteiger partial charge on any atom is -0.353 e. The fraction of sp³-hybridized carbons (Fsp3) is 0.562. The van der Waals surface area contributed by atoms with Gasteiger partial charge in [-0.05, 0) is 43.5 Å². The van der Waals surface area contributed by atoms with E-state index in [4.69, 9.17) is 11.6 Å². The Labute approximate surface area is 143 Å². The Morgan fingerprint density at radius 2 is 1.87 bits per heavy atom. The predicted octanol–water partition coefficient (Wildman–Crippen LogP) is 2.80. The van der Waals surface area contributed by atoms with E-state index in [1.807, 2.05) is 6.92 Å². The van der Waals surface area contributed by atoms with Gasteiger partial charge in [0.05, 0.1) is 4.90 Å². The van der Waals surface area contributed by atoms with Gasteiger partial charge in [-0.25, -0.2) is 8.42 Å². The second kappa shape index (κ2) is 8.13. The van der Waals surface area contributed by atoms with Gasteiger partial charge in [0, 0.05) is 30.6 Å². The molecule has 128 valence electrons. The molecule has 5 nitrogen and oxygen atoms in total. The molecule has 1 aliphatic rings. The average Bonchev–Trinajstić information content (AvgIpc) is 2.54. The summed E-state index contributed by atoms with van der Waals surface area (Å²) < 4.78 is 26.6. The summed E-state index contributed by atoms with van der Waals surface area (Å²) in [7, 11) is -3.48. The molecule has 0 unspecified atom stereocenters. The van der Waals surface area contributed by atoms with Gasteiger partial charge in [-0.1, -0.05) is 24.9 Å². The van der Waals surface area contributed by atoms with Crippen molar-refractivity contribution in [2.24, 2.45) is 0 Å². The zero-order valence-electron chi connectivity index (χ0n) is 13.3. The van der Waals surface area contributed by atoms with Crippen LogP contribution in [0.4, 0.5) is 0 Å². The Kier molecular flexibility index (Phi) is 6.44. The number of unbranched alkanes of at least 4 members (excludes halogenated alkanes) is 1. The molecule has 0 aromatic heterocycles. The molecule has 1 N–H and O–H groups in total. The maximum atomic E-state index is 12.6. The number of piperidine rings is 1. The van der Waals surface area contributed by atoms with Gasteiger partial charge < -0.3 is 5.32 Å². The molecule has 1 aromatic carbocycles. The van der Waals surface area contributed by atoms with Gasteiger partial charge in [0.2, 0.25) is 15.9 Å². The summed E-state index contributed by atoms with van der Waals surface area (Å²) in [6.07, 6.45) is 3.70. The fourth-order valence-electron chi connectivity index (χ4n) is 2.63. The Morgan fingerprint density at radius 1 is 1.26 bits per heavy atom. The topological polar surface area (TPSA) is 66.5 Å². The Hall–Kier alpha value is -1.11. The standard InChI is InChI=1S/C16H23ClN2O3S/c1-2-3-4-16(20)18-14-9-11-19(12-10-14)23(21,22)15-7-5-13(17)6-8-15/h5-8,14H,2-4,9-12H2,1H3,(H,18,20). The Balaban J connectivity index is 1.91. The summed E-state index contributed by atoms with van der Waals surface area (Å²) in [4.78, 5) is 12.0. The molecule has 1 heterocycles. The molecule has 0 saturated carbocycles. The summed E-state index contributed by atoms with van der Waals surface area (Å²) >= 11 is 5.80. The van der Waals surface area contributed by atoms with Crippen LogP contribution < -0.4 is 5.32 Å². The third kappa shape index (κ3) is 4.93. The number of carbonyl (C=O) groups excluding carboxylic acids is 1. The normalized spacial score (nSPS) is 17.1. The van der Waals surface area contributed by atoms with Gasteiger partial charge in [0.1, 0.15) is 0 Å². The van der Waals surface area contributed by atoms with Crippen LogP contribution in [0, 0.1) is 0 Å². The van der Waals surface area contributed by atoms with E-state index in [1.165, 1.54) is 16.4 Å². The number of carbonyl (C=O) groups is 1. The average molecular weight is 359 g/mol. The van der Waals surface area contributed by atoms with Crippen molar-refractivity contribution in [1.29, 1.82) is 0 Å². The maximum absolute atomic E-state index is 12.6. The lowest BCUT2D eigenvalue weighted by Gasteiger charge is -2.31. The van der Waals surface area contributed by atoms with Crippen molar-refractivity contribution < 1.29 is 13.2 Å². The number of amides is 1. The van der Waals surface area contributed by atoms with Crippen molar-refractivity contribution >= 4 is 27.5 Å². The summed E-state index contributed by atoms with van der Waals surface area (Å²) in [6, 6.07) is 6.27. The summed E-state index contributed by atoms with van der Waals surface area (Å²) in [6.45, 7) is 2.89. The van der Waals surface area contributed by atoms with E-state index in [1.54, 1.807) is 12.1 Å². The minimum atomic E-state index is -3.48. The third-order valence-corrected chi connectivity index (χ3v) is 6.19. The van der Waals surface area contributed by atoms with Crippen LogP contribution in [0.3, 0.4) is 0 Å². The minimum absolute atomic E-state index is 0.0610. The fourth-order valence-corrected chi connectivity index (χ4v) is 4.23. The molecule has 0 atom stereocenters. The predicted molar refractivity (Wildman–Crippen MR) is 90.9 cm³/mol. The van der Waals surface area contributed by atoms with E-state index < -0.39 is 10.0 Å². The first-order chi connectivity index (χ1) is 10.9. The van der Waals surface area contributed by atoms with E-state index in [0.29, 0.717) is 37.4 Å². The van der Waals surface area contributed by atoms with E-state index in [9.17, 15) is 13.2 Å². The van der Waals surface area contributed by atoms with Crippen molar-refractivity contribution in [1.82, 2.24) is 9.62 Å². The zero-order chi connectivity index (χ0) is 16.9. The van der Waals surface area contributed by atoms with E-state index in [-0.39, 0.29) is 16.8 Å². The van der Waals surface area contributed by atoms with Crippen LogP contribution in [0.1, 0.15) is 39.0 Å². The lowest BCUT2D eigenvalue weighted by molar-refractivity contribution is -0.122. The number of benzene rings is 1. The molecule has 1 saturated heterocycles. The zero-order valence-corrected chi connectivity index (χ0v) is 14.9. The molecule has 7 heteroatoms. The molecular formula is C16H23ClN2O3S. The third-order valence-electron chi connectivity index (χ3n) is 4.03. The van der Waals surface area contributed by atoms with E-state index >= 15 is 0 Å². The Morgan fingerprint density at radius 3 is 2.43 bits per heavy atom. The summed E-state index contributed by atoms with van der Waals surface area (Å²) in [5.41, 5.74) is 0. The molecule has 0 bridgehead atoms. The number of sulfonamides is 1. The van der Waals surface area contributed by atoms with Crippen molar-refractivity contribution in [2.75, 3.05) is 13.1 Å². The van der Waals surface area contributed by atoms with Crippen molar-refractivity contribution in [3.8, 4) is 0 Å². The molecule has 23 heavy (non-hydrogen) atoms. The summed E-state index contributed by atoms with van der Waals surface area (Å²) in [5.74, 6) is 0.0610. The summed E-state index contributed by atoms with van der Waals surface area (Å²) in [5, 5.41) is 3.51. The second-order valence-corrected chi connectivity index (χ2v) is 8.18. The number of nitrogens with zero attached hydrogens (tertiary/aromatic N) is 1. The van der Waals surface area contributed by atoms with Crippen molar-refractivity contribution in [3.05, 3.63) is 29.3 Å². The highest BCUT2D eigenvalue weighted by Gasteiger charge is 2.29. The molecule has 2 rings (SSSR count). The number of hydrogen-bond acceptors (Lipinski definition) is 3. The van der Waals surface area contributed by atoms with Crippen molar-refractivity contribution in [2.45, 2.75) is 50.0 Å². The van der Waals surface area contributed by atoms with Crippen LogP contribution in [0.25, 0.3) is 0 Å². The number of halogens is 1. The molecule has 1 aliphatic heterocycles.